The molecule has 5 nitrogen and oxygen atoms in total. The summed E-state index contributed by atoms with van der Waals surface area (Å²) in [6.45, 7) is 11.6. The van der Waals surface area contributed by atoms with E-state index in [1.807, 2.05) is 13.8 Å². The minimum atomic E-state index is -0.728. The number of carbonyl (C=O) groups is 2. The van der Waals surface area contributed by atoms with Crippen molar-refractivity contribution in [2.75, 3.05) is 6.61 Å². The lowest BCUT2D eigenvalue weighted by molar-refractivity contribution is -0.126. The normalized spacial score (nSPS) is 23.9. The van der Waals surface area contributed by atoms with Gasteiger partial charge in [0.05, 0.1) is 12.6 Å². The molecule has 1 fully saturated rings. The maximum atomic E-state index is 12.3. The van der Waals surface area contributed by atoms with Gasteiger partial charge in [0.1, 0.15) is 11.2 Å². The number of amides is 1. The van der Waals surface area contributed by atoms with Crippen molar-refractivity contribution in [2.45, 2.75) is 65.2 Å². The predicted molar refractivity (Wildman–Crippen MR) is 72.0 cm³/mol. The summed E-state index contributed by atoms with van der Waals surface area (Å²) < 4.78 is 10.4. The average Bonchev–Trinajstić information content (AvgIpc) is 2.92. The molecule has 0 aromatic heterocycles. The molecule has 0 spiro atoms. The van der Waals surface area contributed by atoms with Crippen molar-refractivity contribution >= 4 is 11.9 Å². The van der Waals surface area contributed by atoms with Crippen molar-refractivity contribution in [3.8, 4) is 0 Å². The van der Waals surface area contributed by atoms with Crippen LogP contribution in [0.4, 0.5) is 4.79 Å². The van der Waals surface area contributed by atoms with Gasteiger partial charge in [-0.1, -0.05) is 13.8 Å². The Kier molecular flexibility index (Phi) is 4.61. The third-order valence-electron chi connectivity index (χ3n) is 2.81. The van der Waals surface area contributed by atoms with Gasteiger partial charge in [0.15, 0.2) is 5.78 Å². The molecule has 1 N–H and O–H groups in total. The van der Waals surface area contributed by atoms with Crippen LogP contribution in [0, 0.1) is 5.92 Å². The third kappa shape index (κ3) is 5.19. The number of epoxide rings is 1. The van der Waals surface area contributed by atoms with Crippen LogP contribution in [-0.2, 0) is 14.3 Å². The zero-order chi connectivity index (χ0) is 14.8. The van der Waals surface area contributed by atoms with E-state index in [0.717, 1.165) is 0 Å². The lowest BCUT2D eigenvalue weighted by Gasteiger charge is -2.24. The molecule has 0 radical (unpaired) electrons. The maximum Gasteiger partial charge on any atom is 0.408 e. The summed E-state index contributed by atoms with van der Waals surface area (Å²) in [4.78, 5) is 24.0. The van der Waals surface area contributed by atoms with Gasteiger partial charge in [-0.15, -0.1) is 0 Å². The predicted octanol–water partition coefficient (Wildman–Crippen LogP) is 2.28. The van der Waals surface area contributed by atoms with Gasteiger partial charge >= 0.3 is 6.09 Å². The number of ether oxygens (including phenoxy) is 2. The molecule has 0 bridgehead atoms. The summed E-state index contributed by atoms with van der Waals surface area (Å²) in [6, 6.07) is -0.553. The van der Waals surface area contributed by atoms with E-state index >= 15 is 0 Å². The number of hydrogen-bond acceptors (Lipinski definition) is 4. The molecule has 1 aliphatic rings. The topological polar surface area (TPSA) is 67.9 Å². The van der Waals surface area contributed by atoms with Crippen LogP contribution in [0.25, 0.3) is 0 Å². The van der Waals surface area contributed by atoms with Crippen LogP contribution in [0.3, 0.4) is 0 Å². The number of alkyl carbamates (subject to hydrolysis) is 1. The molecule has 110 valence electrons. The molecule has 0 unspecified atom stereocenters. The monoisotopic (exact) mass is 271 g/mol. The number of carbonyl (C=O) groups excluding carboxylic acids is 2. The Morgan fingerprint density at radius 2 is 1.89 bits per heavy atom. The van der Waals surface area contributed by atoms with Crippen molar-refractivity contribution in [2.24, 2.45) is 5.92 Å². The fourth-order valence-electron chi connectivity index (χ4n) is 1.77. The van der Waals surface area contributed by atoms with Gasteiger partial charge in [0.25, 0.3) is 0 Å². The van der Waals surface area contributed by atoms with E-state index < -0.39 is 23.3 Å². The van der Waals surface area contributed by atoms with E-state index in [0.29, 0.717) is 18.9 Å². The summed E-state index contributed by atoms with van der Waals surface area (Å²) in [7, 11) is 0. The Hall–Kier alpha value is -1.10. The summed E-state index contributed by atoms with van der Waals surface area (Å²) in [5, 5.41) is 2.66. The zero-order valence-corrected chi connectivity index (χ0v) is 12.7. The van der Waals surface area contributed by atoms with Crippen LogP contribution in [0.5, 0.6) is 0 Å². The molecule has 1 saturated heterocycles. The number of ketones is 1. The molecule has 0 saturated carbocycles. The first-order valence-corrected chi connectivity index (χ1v) is 6.71. The number of nitrogens with one attached hydrogen (secondary N) is 1. The second kappa shape index (κ2) is 5.49. The molecule has 0 aliphatic carbocycles. The lowest BCUT2D eigenvalue weighted by Crippen LogP contribution is -2.48. The smallest absolute Gasteiger partial charge is 0.408 e. The first-order valence-electron chi connectivity index (χ1n) is 6.71. The van der Waals surface area contributed by atoms with E-state index in [9.17, 15) is 9.59 Å². The van der Waals surface area contributed by atoms with E-state index in [2.05, 4.69) is 5.32 Å². The van der Waals surface area contributed by atoms with Crippen molar-refractivity contribution in [3.05, 3.63) is 0 Å². The molecule has 0 aromatic carbocycles. The van der Waals surface area contributed by atoms with Crippen LogP contribution >= 0.6 is 0 Å². The van der Waals surface area contributed by atoms with Gasteiger partial charge in [-0.25, -0.2) is 4.79 Å². The Morgan fingerprint density at radius 3 is 2.26 bits per heavy atom. The van der Waals surface area contributed by atoms with Gasteiger partial charge in [0, 0.05) is 0 Å². The standard InChI is InChI=1S/C14H25NO4/c1-9(2)7-10(11(16)14(6)8-18-14)15-12(17)19-13(3,4)5/h9-10H,7-8H2,1-6H3,(H,15,17)/t10-,14+/m0/s1. The van der Waals surface area contributed by atoms with Crippen molar-refractivity contribution in [1.82, 2.24) is 5.32 Å². The second-order valence-electron chi connectivity index (χ2n) is 6.71. The Bertz CT molecular complexity index is 353. The SMILES string of the molecule is CC(C)C[C@H](NC(=O)OC(C)(C)C)C(=O)[C@@]1(C)CO1. The fourth-order valence-corrected chi connectivity index (χ4v) is 1.77. The third-order valence-corrected chi connectivity index (χ3v) is 2.81. The quantitative estimate of drug-likeness (QED) is 0.779. The van der Waals surface area contributed by atoms with Gasteiger partial charge in [0.2, 0.25) is 0 Å². The highest BCUT2D eigenvalue weighted by Gasteiger charge is 2.50. The van der Waals surface area contributed by atoms with Gasteiger partial charge in [-0.3, -0.25) is 4.79 Å². The Balaban J connectivity index is 2.64. The zero-order valence-electron chi connectivity index (χ0n) is 12.7. The highest BCUT2D eigenvalue weighted by atomic mass is 16.6. The minimum Gasteiger partial charge on any atom is -0.444 e. The average molecular weight is 271 g/mol. The molecule has 1 amide bonds. The largest absolute Gasteiger partial charge is 0.444 e. The molecule has 0 aromatic rings. The first kappa shape index (κ1) is 16.0. The van der Waals surface area contributed by atoms with Gasteiger partial charge in [-0.2, -0.15) is 0 Å². The van der Waals surface area contributed by atoms with E-state index in [1.54, 1.807) is 27.7 Å². The van der Waals surface area contributed by atoms with Crippen LogP contribution in [0.2, 0.25) is 0 Å². The van der Waals surface area contributed by atoms with Crippen molar-refractivity contribution in [1.29, 1.82) is 0 Å². The van der Waals surface area contributed by atoms with Crippen LogP contribution in [-0.4, -0.2) is 35.7 Å². The first-order chi connectivity index (χ1) is 8.53. The summed E-state index contributed by atoms with van der Waals surface area (Å²) in [5.74, 6) is 0.221. The van der Waals surface area contributed by atoms with Crippen LogP contribution in [0.15, 0.2) is 0 Å². The molecule has 2 atom stereocenters. The number of hydrogen-bond donors (Lipinski definition) is 1. The summed E-state index contributed by atoms with van der Waals surface area (Å²) in [5.41, 5.74) is -1.30. The molecule has 1 rings (SSSR count). The number of rotatable bonds is 5. The molecule has 5 heteroatoms. The highest BCUT2D eigenvalue weighted by Crippen LogP contribution is 2.29. The van der Waals surface area contributed by atoms with Crippen molar-refractivity contribution < 1.29 is 19.1 Å². The van der Waals surface area contributed by atoms with E-state index in [1.165, 1.54) is 0 Å². The Morgan fingerprint density at radius 1 is 1.37 bits per heavy atom. The molecule has 1 aliphatic heterocycles. The van der Waals surface area contributed by atoms with Crippen LogP contribution in [0.1, 0.15) is 48.0 Å². The lowest BCUT2D eigenvalue weighted by atomic mass is 9.93. The molecule has 1 heterocycles. The Labute approximate surface area is 115 Å². The van der Waals surface area contributed by atoms with Gasteiger partial charge in [-0.05, 0) is 40.0 Å². The molecule has 19 heavy (non-hydrogen) atoms. The number of Topliss-reactive ketones (excluding diaryl/α,β-unsaturated/α-hetero) is 1. The van der Waals surface area contributed by atoms with Crippen molar-refractivity contribution in [3.63, 3.8) is 0 Å². The maximum absolute atomic E-state index is 12.3. The fraction of sp³-hybridized carbons (Fsp3) is 0.857. The molecular weight excluding hydrogens is 246 g/mol. The molecular formula is C14H25NO4. The minimum absolute atomic E-state index is 0.0768. The van der Waals surface area contributed by atoms with E-state index in [-0.39, 0.29) is 5.78 Å². The summed E-state index contributed by atoms with van der Waals surface area (Å²) >= 11 is 0. The van der Waals surface area contributed by atoms with E-state index in [4.69, 9.17) is 9.47 Å². The summed E-state index contributed by atoms with van der Waals surface area (Å²) in [6.07, 6.45) is 0.0209. The second-order valence-corrected chi connectivity index (χ2v) is 6.71. The van der Waals surface area contributed by atoms with Crippen LogP contribution < -0.4 is 5.32 Å². The highest BCUT2D eigenvalue weighted by molar-refractivity contribution is 5.95. The van der Waals surface area contributed by atoms with Gasteiger partial charge < -0.3 is 14.8 Å².